The van der Waals surface area contributed by atoms with E-state index in [0.29, 0.717) is 12.2 Å². The number of hydrogen-bond acceptors (Lipinski definition) is 5. The number of nitro groups is 1. The van der Waals surface area contributed by atoms with E-state index in [1.165, 1.54) is 12.1 Å². The molecule has 0 spiro atoms. The number of aromatic amines is 1. The zero-order valence-electron chi connectivity index (χ0n) is 12.5. The first-order valence-corrected chi connectivity index (χ1v) is 8.62. The molecular formula is C15H14N4O4S. The molecule has 0 aliphatic rings. The van der Waals surface area contributed by atoms with Gasteiger partial charge in [0, 0.05) is 25.1 Å². The average Bonchev–Trinajstić information content (AvgIpc) is 2.97. The number of fused-ring (bicyclic) bond motifs is 1. The van der Waals surface area contributed by atoms with Gasteiger partial charge in [0.05, 0.1) is 20.9 Å². The molecule has 1 heterocycles. The summed E-state index contributed by atoms with van der Waals surface area (Å²) in [7, 11) is -3.72. The molecule has 3 rings (SSSR count). The Labute approximate surface area is 137 Å². The van der Waals surface area contributed by atoms with Gasteiger partial charge in [0.25, 0.3) is 5.69 Å². The molecule has 3 aromatic rings. The second-order valence-electron chi connectivity index (χ2n) is 5.10. The van der Waals surface area contributed by atoms with Crippen molar-refractivity contribution < 1.29 is 13.3 Å². The number of sulfonamides is 1. The van der Waals surface area contributed by atoms with Gasteiger partial charge in [-0.2, -0.15) is 0 Å². The zero-order chi connectivity index (χ0) is 17.2. The summed E-state index contributed by atoms with van der Waals surface area (Å²) in [6.07, 6.45) is 0.404. The number of imidazole rings is 1. The molecule has 0 bridgehead atoms. The Balaban J connectivity index is 1.65. The summed E-state index contributed by atoms with van der Waals surface area (Å²) in [5.74, 6) is 0.683. The fourth-order valence-corrected chi connectivity index (χ4v) is 3.29. The fourth-order valence-electron chi connectivity index (χ4n) is 2.26. The predicted octanol–water partition coefficient (Wildman–Crippen LogP) is 1.99. The van der Waals surface area contributed by atoms with Crippen LogP contribution in [0.4, 0.5) is 5.69 Å². The lowest BCUT2D eigenvalue weighted by Gasteiger charge is -2.05. The molecule has 0 amide bonds. The number of para-hydroxylation sites is 2. The van der Waals surface area contributed by atoms with Crippen LogP contribution in [0.3, 0.4) is 0 Å². The first-order chi connectivity index (χ1) is 11.5. The molecule has 0 aliphatic carbocycles. The van der Waals surface area contributed by atoms with Crippen LogP contribution >= 0.6 is 0 Å². The summed E-state index contributed by atoms with van der Waals surface area (Å²) in [5, 5.41) is 10.6. The molecule has 124 valence electrons. The second kappa shape index (κ2) is 6.38. The van der Waals surface area contributed by atoms with Crippen LogP contribution in [0.5, 0.6) is 0 Å². The molecule has 9 heteroatoms. The Kier molecular flexibility index (Phi) is 4.28. The first-order valence-electron chi connectivity index (χ1n) is 7.13. The molecule has 0 unspecified atom stereocenters. The number of aromatic nitrogens is 2. The summed E-state index contributed by atoms with van der Waals surface area (Å²) >= 11 is 0. The van der Waals surface area contributed by atoms with Crippen LogP contribution in [0.25, 0.3) is 11.0 Å². The van der Waals surface area contributed by atoms with E-state index in [2.05, 4.69) is 14.7 Å². The molecule has 0 fully saturated rings. The Morgan fingerprint density at radius 2 is 1.83 bits per heavy atom. The zero-order valence-corrected chi connectivity index (χ0v) is 13.3. The van der Waals surface area contributed by atoms with E-state index in [9.17, 15) is 18.5 Å². The van der Waals surface area contributed by atoms with Crippen LogP contribution in [0.2, 0.25) is 0 Å². The van der Waals surface area contributed by atoms with Crippen molar-refractivity contribution >= 4 is 26.7 Å². The third-order valence-corrected chi connectivity index (χ3v) is 4.93. The van der Waals surface area contributed by atoms with E-state index in [-0.39, 0.29) is 17.1 Å². The van der Waals surface area contributed by atoms with Crippen molar-refractivity contribution in [3.8, 4) is 0 Å². The number of nitrogens with zero attached hydrogens (tertiary/aromatic N) is 2. The van der Waals surface area contributed by atoms with Gasteiger partial charge >= 0.3 is 0 Å². The minimum Gasteiger partial charge on any atom is -0.342 e. The molecule has 24 heavy (non-hydrogen) atoms. The summed E-state index contributed by atoms with van der Waals surface area (Å²) in [6, 6.07) is 12.3. The van der Waals surface area contributed by atoms with Gasteiger partial charge in [-0.1, -0.05) is 12.1 Å². The van der Waals surface area contributed by atoms with Crippen molar-refractivity contribution in [2.75, 3.05) is 6.54 Å². The summed E-state index contributed by atoms with van der Waals surface area (Å²) in [6.45, 7) is 0.166. The maximum atomic E-state index is 12.2. The molecule has 2 N–H and O–H groups in total. The summed E-state index contributed by atoms with van der Waals surface area (Å²) < 4.78 is 26.8. The third-order valence-electron chi connectivity index (χ3n) is 3.45. The van der Waals surface area contributed by atoms with Crippen molar-refractivity contribution in [1.82, 2.24) is 14.7 Å². The van der Waals surface area contributed by atoms with Gasteiger partial charge in [0.2, 0.25) is 10.0 Å². The lowest BCUT2D eigenvalue weighted by atomic mass is 10.3. The maximum absolute atomic E-state index is 12.2. The highest BCUT2D eigenvalue weighted by Crippen LogP contribution is 2.15. The molecule has 2 aromatic carbocycles. The minimum atomic E-state index is -3.72. The lowest BCUT2D eigenvalue weighted by Crippen LogP contribution is -2.26. The normalized spacial score (nSPS) is 11.7. The fraction of sp³-hybridized carbons (Fsp3) is 0.133. The number of non-ortho nitro benzene ring substituents is 1. The van der Waals surface area contributed by atoms with E-state index in [1.807, 2.05) is 24.3 Å². The largest absolute Gasteiger partial charge is 0.342 e. The van der Waals surface area contributed by atoms with Gasteiger partial charge in [-0.3, -0.25) is 10.1 Å². The number of benzene rings is 2. The summed E-state index contributed by atoms with van der Waals surface area (Å²) in [5.41, 5.74) is 1.56. The van der Waals surface area contributed by atoms with Crippen molar-refractivity contribution in [3.05, 3.63) is 64.5 Å². The Hall–Kier alpha value is -2.78. The van der Waals surface area contributed by atoms with E-state index >= 15 is 0 Å². The van der Waals surface area contributed by atoms with E-state index in [4.69, 9.17) is 0 Å². The van der Waals surface area contributed by atoms with E-state index in [0.717, 1.165) is 23.2 Å². The highest BCUT2D eigenvalue weighted by Gasteiger charge is 2.15. The number of H-pyrrole nitrogens is 1. The number of hydrogen-bond donors (Lipinski definition) is 2. The SMILES string of the molecule is O=[N+]([O-])c1ccc(S(=O)(=O)NCCc2nc3ccccc3[nH]2)cc1. The third kappa shape index (κ3) is 3.42. The van der Waals surface area contributed by atoms with Crippen molar-refractivity contribution in [3.63, 3.8) is 0 Å². The van der Waals surface area contributed by atoms with Gasteiger partial charge < -0.3 is 4.98 Å². The minimum absolute atomic E-state index is 0.0160. The van der Waals surface area contributed by atoms with Gasteiger partial charge in [-0.05, 0) is 24.3 Å². The van der Waals surface area contributed by atoms with Crippen LogP contribution in [0.1, 0.15) is 5.82 Å². The first kappa shape index (κ1) is 16.1. The molecule has 1 aromatic heterocycles. The highest BCUT2D eigenvalue weighted by molar-refractivity contribution is 7.89. The molecule has 0 radical (unpaired) electrons. The Morgan fingerprint density at radius 1 is 1.12 bits per heavy atom. The quantitative estimate of drug-likeness (QED) is 0.523. The van der Waals surface area contributed by atoms with Gasteiger partial charge in [-0.15, -0.1) is 0 Å². The van der Waals surface area contributed by atoms with Crippen molar-refractivity contribution in [2.24, 2.45) is 0 Å². The number of nitro benzene ring substituents is 1. The molecule has 0 saturated carbocycles. The van der Waals surface area contributed by atoms with Gasteiger partial charge in [-0.25, -0.2) is 18.1 Å². The van der Waals surface area contributed by atoms with Crippen LogP contribution < -0.4 is 4.72 Å². The van der Waals surface area contributed by atoms with E-state index in [1.54, 1.807) is 0 Å². The standard InChI is InChI=1S/C15H14N4O4S/c20-19(21)11-5-7-12(8-6-11)24(22,23)16-10-9-15-17-13-3-1-2-4-14(13)18-15/h1-8,16H,9-10H2,(H,17,18). The van der Waals surface area contributed by atoms with E-state index < -0.39 is 14.9 Å². The lowest BCUT2D eigenvalue weighted by molar-refractivity contribution is -0.384. The van der Waals surface area contributed by atoms with Crippen LogP contribution in [0.15, 0.2) is 53.4 Å². The van der Waals surface area contributed by atoms with Crippen LogP contribution in [-0.4, -0.2) is 29.9 Å². The van der Waals surface area contributed by atoms with Crippen molar-refractivity contribution in [1.29, 1.82) is 0 Å². The molecule has 0 atom stereocenters. The predicted molar refractivity (Wildman–Crippen MR) is 88.1 cm³/mol. The topological polar surface area (TPSA) is 118 Å². The number of rotatable bonds is 6. The summed E-state index contributed by atoms with van der Waals surface area (Å²) in [4.78, 5) is 17.5. The smallest absolute Gasteiger partial charge is 0.269 e. The Bertz CT molecular complexity index is 947. The van der Waals surface area contributed by atoms with Gasteiger partial charge in [0.15, 0.2) is 0 Å². The number of nitrogens with one attached hydrogen (secondary N) is 2. The molecule has 0 aliphatic heterocycles. The molecule has 0 saturated heterocycles. The van der Waals surface area contributed by atoms with Gasteiger partial charge in [0.1, 0.15) is 5.82 Å². The second-order valence-corrected chi connectivity index (χ2v) is 6.87. The molecule has 8 nitrogen and oxygen atoms in total. The van der Waals surface area contributed by atoms with Crippen LogP contribution in [0, 0.1) is 10.1 Å². The monoisotopic (exact) mass is 346 g/mol. The highest BCUT2D eigenvalue weighted by atomic mass is 32.2. The molecular weight excluding hydrogens is 332 g/mol. The average molecular weight is 346 g/mol. The van der Waals surface area contributed by atoms with Crippen molar-refractivity contribution in [2.45, 2.75) is 11.3 Å². The maximum Gasteiger partial charge on any atom is 0.269 e. The Morgan fingerprint density at radius 3 is 2.50 bits per heavy atom. The van der Waals surface area contributed by atoms with Crippen LogP contribution in [-0.2, 0) is 16.4 Å².